The van der Waals surface area contributed by atoms with Crippen molar-refractivity contribution in [1.82, 2.24) is 9.80 Å². The number of hydrogen-bond acceptors (Lipinski definition) is 6. The van der Waals surface area contributed by atoms with Crippen LogP contribution in [-0.2, 0) is 18.0 Å². The van der Waals surface area contributed by atoms with Crippen LogP contribution in [0, 0.1) is 0 Å². The maximum atomic E-state index is 11.7. The minimum absolute atomic E-state index is 0.0989. The molecule has 0 aliphatic carbocycles. The SMILES string of the molecule is CCOC(=O)N1CCN(C(CC)[Si](OC)(OC)OC)CC1. The minimum atomic E-state index is -2.71. The Bertz CT molecular complexity index is 311. The molecule has 21 heavy (non-hydrogen) atoms. The molecule has 1 heterocycles. The molecule has 1 unspecified atom stereocenters. The van der Waals surface area contributed by atoms with E-state index in [-0.39, 0.29) is 11.8 Å². The van der Waals surface area contributed by atoms with Crippen molar-refractivity contribution >= 4 is 14.9 Å². The molecular formula is C13H28N2O5Si. The fraction of sp³-hybridized carbons (Fsp3) is 0.923. The lowest BCUT2D eigenvalue weighted by atomic mass is 10.3. The second-order valence-corrected chi connectivity index (χ2v) is 7.96. The van der Waals surface area contributed by atoms with Crippen molar-refractivity contribution in [2.75, 3.05) is 54.1 Å². The highest BCUT2D eigenvalue weighted by Crippen LogP contribution is 2.22. The van der Waals surface area contributed by atoms with Crippen LogP contribution in [0.3, 0.4) is 0 Å². The Morgan fingerprint density at radius 2 is 1.57 bits per heavy atom. The maximum Gasteiger partial charge on any atom is 0.518 e. The molecule has 8 heteroatoms. The molecule has 1 fully saturated rings. The van der Waals surface area contributed by atoms with E-state index >= 15 is 0 Å². The fourth-order valence-electron chi connectivity index (χ4n) is 2.82. The monoisotopic (exact) mass is 320 g/mol. The van der Waals surface area contributed by atoms with Crippen LogP contribution in [-0.4, -0.2) is 84.5 Å². The number of amides is 1. The first-order valence-corrected chi connectivity index (χ1v) is 9.19. The Morgan fingerprint density at radius 3 is 1.95 bits per heavy atom. The largest absolute Gasteiger partial charge is 0.518 e. The third kappa shape index (κ3) is 4.16. The topological polar surface area (TPSA) is 60.5 Å². The summed E-state index contributed by atoms with van der Waals surface area (Å²) in [6.45, 7) is 7.15. The summed E-state index contributed by atoms with van der Waals surface area (Å²) < 4.78 is 21.8. The number of carbonyl (C=O) groups excluding carboxylic acids is 1. The average Bonchev–Trinajstić information content (AvgIpc) is 2.53. The molecule has 1 atom stereocenters. The molecule has 1 saturated heterocycles. The molecule has 1 amide bonds. The summed E-state index contributed by atoms with van der Waals surface area (Å²) in [5.74, 6) is 0. The van der Waals surface area contributed by atoms with E-state index in [1.807, 2.05) is 6.92 Å². The van der Waals surface area contributed by atoms with Crippen molar-refractivity contribution in [3.63, 3.8) is 0 Å². The van der Waals surface area contributed by atoms with Gasteiger partial charge in [0, 0.05) is 47.5 Å². The van der Waals surface area contributed by atoms with Gasteiger partial charge in [-0.15, -0.1) is 0 Å². The summed E-state index contributed by atoms with van der Waals surface area (Å²) in [6.07, 6.45) is 0.639. The summed E-state index contributed by atoms with van der Waals surface area (Å²) in [6, 6.07) is 0. The molecule has 0 saturated carbocycles. The summed E-state index contributed by atoms with van der Waals surface area (Å²) in [5.41, 5.74) is 0.0989. The molecule has 0 aromatic heterocycles. The van der Waals surface area contributed by atoms with Crippen LogP contribution >= 0.6 is 0 Å². The summed E-state index contributed by atoms with van der Waals surface area (Å²) in [7, 11) is 2.20. The number of nitrogens with zero attached hydrogens (tertiary/aromatic N) is 2. The van der Waals surface area contributed by atoms with Gasteiger partial charge in [-0.2, -0.15) is 0 Å². The quantitative estimate of drug-likeness (QED) is 0.651. The second kappa shape index (κ2) is 8.69. The van der Waals surface area contributed by atoms with Gasteiger partial charge >= 0.3 is 14.9 Å². The molecule has 0 radical (unpaired) electrons. The molecule has 0 bridgehead atoms. The van der Waals surface area contributed by atoms with E-state index in [9.17, 15) is 4.79 Å². The van der Waals surface area contributed by atoms with Gasteiger partial charge in [-0.3, -0.25) is 4.90 Å². The van der Waals surface area contributed by atoms with Gasteiger partial charge in [0.2, 0.25) is 0 Å². The lowest BCUT2D eigenvalue weighted by molar-refractivity contribution is 0.0427. The Labute approximate surface area is 128 Å². The first kappa shape index (κ1) is 18.4. The zero-order chi connectivity index (χ0) is 15.9. The normalized spacial score (nSPS) is 18.6. The molecule has 0 N–H and O–H groups in total. The van der Waals surface area contributed by atoms with Gasteiger partial charge in [0.1, 0.15) is 0 Å². The number of rotatable bonds is 7. The van der Waals surface area contributed by atoms with Crippen molar-refractivity contribution < 1.29 is 22.8 Å². The third-order valence-electron chi connectivity index (χ3n) is 3.93. The van der Waals surface area contributed by atoms with Crippen molar-refractivity contribution in [2.24, 2.45) is 0 Å². The molecule has 1 aliphatic rings. The molecule has 0 aromatic carbocycles. The maximum absolute atomic E-state index is 11.7. The zero-order valence-corrected chi connectivity index (χ0v) is 14.8. The summed E-state index contributed by atoms with van der Waals surface area (Å²) in [4.78, 5) is 15.8. The van der Waals surface area contributed by atoms with Crippen molar-refractivity contribution in [2.45, 2.75) is 25.9 Å². The Kier molecular flexibility index (Phi) is 7.61. The van der Waals surface area contributed by atoms with E-state index < -0.39 is 8.80 Å². The predicted molar refractivity (Wildman–Crippen MR) is 81.0 cm³/mol. The second-order valence-electron chi connectivity index (χ2n) is 4.86. The molecule has 1 aliphatic heterocycles. The lowest BCUT2D eigenvalue weighted by Crippen LogP contribution is -2.64. The average molecular weight is 320 g/mol. The fourth-order valence-corrected chi connectivity index (χ4v) is 5.34. The highest BCUT2D eigenvalue weighted by Gasteiger charge is 2.49. The lowest BCUT2D eigenvalue weighted by Gasteiger charge is -2.43. The van der Waals surface area contributed by atoms with Crippen LogP contribution in [0.15, 0.2) is 0 Å². The van der Waals surface area contributed by atoms with E-state index in [0.717, 1.165) is 19.5 Å². The van der Waals surface area contributed by atoms with Crippen molar-refractivity contribution in [3.8, 4) is 0 Å². The molecular weight excluding hydrogens is 292 g/mol. The number of piperazine rings is 1. The van der Waals surface area contributed by atoms with Crippen LogP contribution in [0.1, 0.15) is 20.3 Å². The van der Waals surface area contributed by atoms with E-state index in [0.29, 0.717) is 19.7 Å². The zero-order valence-electron chi connectivity index (χ0n) is 13.8. The van der Waals surface area contributed by atoms with Gasteiger partial charge in [-0.25, -0.2) is 4.79 Å². The molecule has 0 spiro atoms. The van der Waals surface area contributed by atoms with Crippen molar-refractivity contribution in [1.29, 1.82) is 0 Å². The first-order valence-electron chi connectivity index (χ1n) is 7.39. The van der Waals surface area contributed by atoms with Gasteiger partial charge in [-0.05, 0) is 13.3 Å². The van der Waals surface area contributed by atoms with E-state index in [1.165, 1.54) is 0 Å². The van der Waals surface area contributed by atoms with Crippen LogP contribution in [0.4, 0.5) is 4.79 Å². The molecule has 7 nitrogen and oxygen atoms in total. The van der Waals surface area contributed by atoms with Gasteiger partial charge in [0.25, 0.3) is 0 Å². The number of carbonyl (C=O) groups is 1. The molecule has 0 aromatic rings. The number of ether oxygens (including phenoxy) is 1. The van der Waals surface area contributed by atoms with Gasteiger partial charge in [-0.1, -0.05) is 6.92 Å². The van der Waals surface area contributed by atoms with Gasteiger partial charge in [0.05, 0.1) is 12.3 Å². The Balaban J connectivity index is 2.67. The van der Waals surface area contributed by atoms with E-state index in [1.54, 1.807) is 26.2 Å². The number of hydrogen-bond donors (Lipinski definition) is 0. The molecule has 1 rings (SSSR count). The van der Waals surface area contributed by atoms with E-state index in [4.69, 9.17) is 18.0 Å². The van der Waals surface area contributed by atoms with Gasteiger partial charge in [0.15, 0.2) is 0 Å². The smallest absolute Gasteiger partial charge is 0.450 e. The highest BCUT2D eigenvalue weighted by molar-refractivity contribution is 6.62. The van der Waals surface area contributed by atoms with Crippen LogP contribution in [0.25, 0.3) is 0 Å². The van der Waals surface area contributed by atoms with Crippen LogP contribution in [0.2, 0.25) is 0 Å². The Hall–Kier alpha value is -0.673. The van der Waals surface area contributed by atoms with Gasteiger partial charge < -0.3 is 22.9 Å². The highest BCUT2D eigenvalue weighted by atomic mass is 28.4. The Morgan fingerprint density at radius 1 is 1.05 bits per heavy atom. The standard InChI is InChI=1S/C13H28N2O5Si/c1-6-12(21(17-3,18-4)19-5)14-8-10-15(11-9-14)13(16)20-7-2/h12H,6-11H2,1-5H3. The van der Waals surface area contributed by atoms with Crippen molar-refractivity contribution in [3.05, 3.63) is 0 Å². The molecule has 124 valence electrons. The minimum Gasteiger partial charge on any atom is -0.450 e. The predicted octanol–water partition coefficient (Wildman–Crippen LogP) is 0.956. The van der Waals surface area contributed by atoms with E-state index in [2.05, 4.69) is 11.8 Å². The van der Waals surface area contributed by atoms with Crippen LogP contribution < -0.4 is 0 Å². The summed E-state index contributed by atoms with van der Waals surface area (Å²) in [5, 5.41) is 0. The van der Waals surface area contributed by atoms with Crippen LogP contribution in [0.5, 0.6) is 0 Å². The summed E-state index contributed by atoms with van der Waals surface area (Å²) >= 11 is 0. The third-order valence-corrected chi connectivity index (χ3v) is 7.23. The first-order chi connectivity index (χ1) is 10.1.